The van der Waals surface area contributed by atoms with E-state index in [2.05, 4.69) is 5.32 Å². The van der Waals surface area contributed by atoms with Crippen LogP contribution in [0.25, 0.3) is 0 Å². The zero-order valence-corrected chi connectivity index (χ0v) is 14.1. The lowest BCUT2D eigenvalue weighted by molar-refractivity contribution is -0.0167. The zero-order chi connectivity index (χ0) is 16.1. The van der Waals surface area contributed by atoms with Crippen molar-refractivity contribution in [1.29, 1.82) is 0 Å². The van der Waals surface area contributed by atoms with Gasteiger partial charge in [0.05, 0.1) is 13.2 Å². The molecule has 24 heavy (non-hydrogen) atoms. The van der Waals surface area contributed by atoms with Crippen LogP contribution in [0.3, 0.4) is 0 Å². The van der Waals surface area contributed by atoms with Gasteiger partial charge in [0.15, 0.2) is 11.5 Å². The molecule has 0 spiro atoms. The summed E-state index contributed by atoms with van der Waals surface area (Å²) >= 11 is 0. The van der Waals surface area contributed by atoms with Crippen molar-refractivity contribution in [2.75, 3.05) is 13.2 Å². The van der Waals surface area contributed by atoms with Crippen molar-refractivity contribution in [3.63, 3.8) is 0 Å². The van der Waals surface area contributed by atoms with Crippen molar-refractivity contribution in [2.24, 2.45) is 17.8 Å². The average molecular weight is 327 g/mol. The number of ether oxygens (including phenoxy) is 2. The van der Waals surface area contributed by atoms with Gasteiger partial charge in [0.2, 0.25) is 0 Å². The summed E-state index contributed by atoms with van der Waals surface area (Å²) in [6.45, 7) is 1.32. The SMILES string of the molecule is O=C(NC12CC3CC(CC(C3)C1)C2)c1ccc2c(c1)OCCCO2. The van der Waals surface area contributed by atoms with E-state index in [0.717, 1.165) is 29.9 Å². The minimum atomic E-state index is 0.0487. The van der Waals surface area contributed by atoms with Crippen LogP contribution in [-0.4, -0.2) is 24.7 Å². The van der Waals surface area contributed by atoms with Gasteiger partial charge in [-0.2, -0.15) is 0 Å². The van der Waals surface area contributed by atoms with Crippen molar-refractivity contribution in [3.8, 4) is 11.5 Å². The van der Waals surface area contributed by atoms with E-state index < -0.39 is 0 Å². The minimum Gasteiger partial charge on any atom is -0.490 e. The lowest BCUT2D eigenvalue weighted by Gasteiger charge is -2.56. The van der Waals surface area contributed by atoms with Crippen molar-refractivity contribution < 1.29 is 14.3 Å². The Morgan fingerprint density at radius 3 is 2.25 bits per heavy atom. The topological polar surface area (TPSA) is 47.6 Å². The molecule has 1 aromatic carbocycles. The summed E-state index contributed by atoms with van der Waals surface area (Å²) in [6, 6.07) is 5.58. The summed E-state index contributed by atoms with van der Waals surface area (Å²) in [5.41, 5.74) is 0.741. The highest BCUT2D eigenvalue weighted by Gasteiger charge is 2.51. The smallest absolute Gasteiger partial charge is 0.251 e. The van der Waals surface area contributed by atoms with Crippen LogP contribution in [0.1, 0.15) is 55.3 Å². The second-order valence-electron chi connectivity index (χ2n) is 8.36. The number of benzene rings is 1. The molecule has 1 aromatic rings. The van der Waals surface area contributed by atoms with Crippen LogP contribution in [-0.2, 0) is 0 Å². The number of carbonyl (C=O) groups excluding carboxylic acids is 1. The van der Waals surface area contributed by atoms with E-state index in [1.807, 2.05) is 18.2 Å². The number of amides is 1. The van der Waals surface area contributed by atoms with E-state index >= 15 is 0 Å². The predicted molar refractivity (Wildman–Crippen MR) is 90.4 cm³/mol. The Balaban J connectivity index is 1.36. The van der Waals surface area contributed by atoms with Gasteiger partial charge in [-0.05, 0) is 74.5 Å². The van der Waals surface area contributed by atoms with Crippen LogP contribution >= 0.6 is 0 Å². The molecule has 1 amide bonds. The van der Waals surface area contributed by atoms with Gasteiger partial charge in [-0.3, -0.25) is 4.79 Å². The van der Waals surface area contributed by atoms with Crippen LogP contribution in [0.15, 0.2) is 18.2 Å². The van der Waals surface area contributed by atoms with Gasteiger partial charge in [-0.1, -0.05) is 0 Å². The lowest BCUT2D eigenvalue weighted by Crippen LogP contribution is -2.59. The quantitative estimate of drug-likeness (QED) is 0.904. The maximum absolute atomic E-state index is 12.9. The highest BCUT2D eigenvalue weighted by Crippen LogP contribution is 2.55. The molecule has 0 unspecified atom stereocenters. The highest BCUT2D eigenvalue weighted by atomic mass is 16.5. The molecule has 4 fully saturated rings. The first-order valence-corrected chi connectivity index (χ1v) is 9.41. The van der Waals surface area contributed by atoms with Crippen molar-refractivity contribution in [3.05, 3.63) is 23.8 Å². The first kappa shape index (κ1) is 14.6. The second kappa shape index (κ2) is 5.40. The molecule has 4 nitrogen and oxygen atoms in total. The Bertz CT molecular complexity index is 634. The Hall–Kier alpha value is -1.71. The average Bonchev–Trinajstić information content (AvgIpc) is 2.77. The maximum Gasteiger partial charge on any atom is 0.251 e. The zero-order valence-electron chi connectivity index (χ0n) is 14.1. The van der Waals surface area contributed by atoms with Gasteiger partial charge in [0.25, 0.3) is 5.91 Å². The fraction of sp³-hybridized carbons (Fsp3) is 0.650. The molecule has 6 rings (SSSR count). The molecule has 5 aliphatic rings. The molecule has 4 heteroatoms. The first-order chi connectivity index (χ1) is 11.7. The Morgan fingerprint density at radius 1 is 0.958 bits per heavy atom. The van der Waals surface area contributed by atoms with E-state index in [0.29, 0.717) is 24.5 Å². The lowest BCUT2D eigenvalue weighted by atomic mass is 9.53. The standard InChI is InChI=1S/C20H25NO3/c22-19(16-2-3-17-18(9-16)24-5-1-4-23-17)21-20-10-13-6-14(11-20)8-15(7-13)12-20/h2-3,9,13-15H,1,4-8,10-12H2,(H,21,22). The van der Waals surface area contributed by atoms with Crippen LogP contribution < -0.4 is 14.8 Å². The minimum absolute atomic E-state index is 0.0487. The Morgan fingerprint density at radius 2 is 1.58 bits per heavy atom. The normalized spacial score (nSPS) is 36.2. The van der Waals surface area contributed by atoms with Gasteiger partial charge < -0.3 is 14.8 Å². The van der Waals surface area contributed by atoms with E-state index in [1.165, 1.54) is 38.5 Å². The summed E-state index contributed by atoms with van der Waals surface area (Å²) in [4.78, 5) is 12.9. The Labute approximate surface area is 142 Å². The van der Waals surface area contributed by atoms with Gasteiger partial charge in [0, 0.05) is 17.5 Å². The van der Waals surface area contributed by atoms with Crippen LogP contribution in [0.5, 0.6) is 11.5 Å². The fourth-order valence-corrected chi connectivity index (χ4v) is 5.88. The summed E-state index contributed by atoms with van der Waals surface area (Å²) in [5, 5.41) is 3.43. The van der Waals surface area contributed by atoms with Gasteiger partial charge in [0.1, 0.15) is 0 Å². The molecule has 4 saturated carbocycles. The number of rotatable bonds is 2. The van der Waals surface area contributed by atoms with Crippen molar-refractivity contribution in [1.82, 2.24) is 5.32 Å². The summed E-state index contributed by atoms with van der Waals surface area (Å²) in [5.74, 6) is 4.00. The molecule has 0 aromatic heterocycles. The Kier molecular flexibility index (Phi) is 3.29. The molecule has 0 atom stereocenters. The molecular weight excluding hydrogens is 302 g/mol. The van der Waals surface area contributed by atoms with Gasteiger partial charge in [-0.15, -0.1) is 0 Å². The third kappa shape index (κ3) is 2.47. The number of fused-ring (bicyclic) bond motifs is 1. The number of hydrogen-bond acceptors (Lipinski definition) is 3. The second-order valence-corrected chi connectivity index (χ2v) is 8.36. The van der Waals surface area contributed by atoms with Crippen LogP contribution in [0.2, 0.25) is 0 Å². The third-order valence-corrected chi connectivity index (χ3v) is 6.43. The van der Waals surface area contributed by atoms with Gasteiger partial charge >= 0.3 is 0 Å². The predicted octanol–water partition coefficient (Wildman–Crippen LogP) is 3.55. The van der Waals surface area contributed by atoms with Crippen LogP contribution in [0, 0.1) is 17.8 Å². The number of hydrogen-bond donors (Lipinski definition) is 1. The largest absolute Gasteiger partial charge is 0.490 e. The molecule has 0 saturated heterocycles. The van der Waals surface area contributed by atoms with Crippen molar-refractivity contribution in [2.45, 2.75) is 50.5 Å². The molecule has 1 heterocycles. The molecule has 1 aliphatic heterocycles. The summed E-state index contributed by atoms with van der Waals surface area (Å²) < 4.78 is 11.4. The summed E-state index contributed by atoms with van der Waals surface area (Å²) in [7, 11) is 0. The molecule has 128 valence electrons. The van der Waals surface area contributed by atoms with Crippen molar-refractivity contribution >= 4 is 5.91 Å². The third-order valence-electron chi connectivity index (χ3n) is 6.43. The summed E-state index contributed by atoms with van der Waals surface area (Å²) in [6.07, 6.45) is 8.57. The van der Waals surface area contributed by atoms with E-state index in [9.17, 15) is 4.79 Å². The fourth-order valence-electron chi connectivity index (χ4n) is 5.88. The molecule has 4 bridgehead atoms. The number of nitrogens with one attached hydrogen (secondary N) is 1. The van der Waals surface area contributed by atoms with E-state index in [-0.39, 0.29) is 11.4 Å². The van der Waals surface area contributed by atoms with E-state index in [4.69, 9.17) is 9.47 Å². The molecule has 1 N–H and O–H groups in total. The van der Waals surface area contributed by atoms with Crippen LogP contribution in [0.4, 0.5) is 0 Å². The first-order valence-electron chi connectivity index (χ1n) is 9.41. The monoisotopic (exact) mass is 327 g/mol. The molecule has 4 aliphatic carbocycles. The number of carbonyl (C=O) groups is 1. The van der Waals surface area contributed by atoms with E-state index in [1.54, 1.807) is 0 Å². The molecular formula is C20H25NO3. The molecule has 0 radical (unpaired) electrons. The highest BCUT2D eigenvalue weighted by molar-refractivity contribution is 5.95. The maximum atomic E-state index is 12.9. The van der Waals surface area contributed by atoms with Gasteiger partial charge in [-0.25, -0.2) is 0 Å².